The quantitative estimate of drug-likeness (QED) is 0.412. The second kappa shape index (κ2) is 5.45. The molecule has 1 aliphatic heterocycles. The zero-order valence-electron chi connectivity index (χ0n) is 9.54. The highest BCUT2D eigenvalue weighted by atomic mass is 16.4. The molecule has 4 N–H and O–H groups in total. The van der Waals surface area contributed by atoms with Crippen molar-refractivity contribution in [2.45, 2.75) is 18.6 Å². The number of nitrogens with zero attached hydrogens (tertiary/aromatic N) is 1. The van der Waals surface area contributed by atoms with Gasteiger partial charge in [0.1, 0.15) is 6.04 Å². The highest BCUT2D eigenvalue weighted by molar-refractivity contribution is 6.06. The molecule has 0 bridgehead atoms. The summed E-state index contributed by atoms with van der Waals surface area (Å²) in [5, 5.41) is 21.6. The molecule has 0 aliphatic carbocycles. The Morgan fingerprint density at radius 1 is 1.50 bits per heavy atom. The van der Waals surface area contributed by atoms with E-state index in [4.69, 9.17) is 10.2 Å². The maximum Gasteiger partial charge on any atom is 0.334 e. The molecule has 1 aliphatic rings. The van der Waals surface area contributed by atoms with Crippen molar-refractivity contribution >= 4 is 23.8 Å². The number of urea groups is 1. The number of likely N-dealkylation sites (tertiary alicyclic amines) is 1. The van der Waals surface area contributed by atoms with E-state index in [-0.39, 0.29) is 6.42 Å². The van der Waals surface area contributed by atoms with Crippen molar-refractivity contribution in [2.75, 3.05) is 13.6 Å². The summed E-state index contributed by atoms with van der Waals surface area (Å²) in [7, 11) is 1.30. The monoisotopic (exact) mass is 259 g/mol. The van der Waals surface area contributed by atoms with Gasteiger partial charge in [0, 0.05) is 7.05 Å². The van der Waals surface area contributed by atoms with Gasteiger partial charge in [0.15, 0.2) is 6.10 Å². The molecule has 18 heavy (non-hydrogen) atoms. The van der Waals surface area contributed by atoms with Gasteiger partial charge in [-0.25, -0.2) is 9.59 Å². The Hall–Kier alpha value is -2.16. The van der Waals surface area contributed by atoms with E-state index in [1.54, 1.807) is 0 Å². The summed E-state index contributed by atoms with van der Waals surface area (Å²) in [6.07, 6.45) is -1.86. The largest absolute Gasteiger partial charge is 0.479 e. The van der Waals surface area contributed by atoms with Crippen molar-refractivity contribution in [3.05, 3.63) is 0 Å². The summed E-state index contributed by atoms with van der Waals surface area (Å²) in [4.78, 5) is 45.0. The van der Waals surface area contributed by atoms with Gasteiger partial charge in [-0.3, -0.25) is 14.5 Å². The van der Waals surface area contributed by atoms with Gasteiger partial charge in [-0.2, -0.15) is 0 Å². The van der Waals surface area contributed by atoms with Gasteiger partial charge in [-0.05, 0) is 0 Å². The van der Waals surface area contributed by atoms with Crippen LogP contribution in [0, 0.1) is 0 Å². The summed E-state index contributed by atoms with van der Waals surface area (Å²) in [6, 6.07) is -1.78. The number of aliphatic carboxylic acids is 1. The topological polar surface area (TPSA) is 136 Å². The number of carbonyl (C=O) groups is 4. The fraction of sp³-hybridized carbons (Fsp3) is 0.556. The second-order valence-corrected chi connectivity index (χ2v) is 3.76. The lowest BCUT2D eigenvalue weighted by Crippen LogP contribution is -2.48. The summed E-state index contributed by atoms with van der Waals surface area (Å²) in [5.41, 5.74) is 0. The lowest BCUT2D eigenvalue weighted by Gasteiger charge is -2.12. The van der Waals surface area contributed by atoms with Crippen LogP contribution in [-0.4, -0.2) is 64.7 Å². The third-order valence-corrected chi connectivity index (χ3v) is 2.43. The molecule has 1 fully saturated rings. The molecule has 100 valence electrons. The minimum absolute atomic E-state index is 0.135. The first-order valence-corrected chi connectivity index (χ1v) is 5.08. The first-order valence-electron chi connectivity index (χ1n) is 5.08. The van der Waals surface area contributed by atoms with Crippen molar-refractivity contribution in [1.82, 2.24) is 15.5 Å². The van der Waals surface area contributed by atoms with E-state index in [1.165, 1.54) is 7.05 Å². The number of carboxylic acids is 1. The Balaban J connectivity index is 2.40. The molecule has 0 aromatic carbocycles. The van der Waals surface area contributed by atoms with Crippen LogP contribution in [0.2, 0.25) is 0 Å². The Morgan fingerprint density at radius 2 is 2.11 bits per heavy atom. The van der Waals surface area contributed by atoms with Crippen LogP contribution in [-0.2, 0) is 14.4 Å². The molecule has 0 aromatic rings. The minimum atomic E-state index is -1.72. The molecule has 1 rings (SSSR count). The lowest BCUT2D eigenvalue weighted by molar-refractivity contribution is -0.146. The number of hydrogen-bond donors (Lipinski definition) is 4. The molecule has 0 spiro atoms. The Morgan fingerprint density at radius 3 is 2.56 bits per heavy atom. The van der Waals surface area contributed by atoms with Crippen molar-refractivity contribution in [3.63, 3.8) is 0 Å². The molecule has 0 radical (unpaired) electrons. The van der Waals surface area contributed by atoms with Crippen LogP contribution in [0.25, 0.3) is 0 Å². The van der Waals surface area contributed by atoms with Crippen LogP contribution in [0.15, 0.2) is 0 Å². The summed E-state index contributed by atoms with van der Waals surface area (Å²) in [6.45, 7) is -0.494. The zero-order valence-corrected chi connectivity index (χ0v) is 9.54. The number of carboxylic acid groups (broad SMARTS) is 1. The Bertz CT molecular complexity index is 396. The SMILES string of the molecule is CN1C(=O)CC(NC(=O)NCC(O)C(=O)O)C1=O. The minimum Gasteiger partial charge on any atom is -0.479 e. The van der Waals surface area contributed by atoms with Crippen molar-refractivity contribution in [2.24, 2.45) is 0 Å². The fourth-order valence-electron chi connectivity index (χ4n) is 1.35. The highest BCUT2D eigenvalue weighted by Crippen LogP contribution is 2.09. The third kappa shape index (κ3) is 3.17. The van der Waals surface area contributed by atoms with Crippen LogP contribution in [0.1, 0.15) is 6.42 Å². The van der Waals surface area contributed by atoms with E-state index in [9.17, 15) is 19.2 Å². The van der Waals surface area contributed by atoms with Crippen LogP contribution >= 0.6 is 0 Å². The number of amides is 4. The van der Waals surface area contributed by atoms with Gasteiger partial charge in [-0.15, -0.1) is 0 Å². The van der Waals surface area contributed by atoms with Crippen LogP contribution in [0.5, 0.6) is 0 Å². The van der Waals surface area contributed by atoms with Gasteiger partial charge >= 0.3 is 12.0 Å². The number of hydrogen-bond acceptors (Lipinski definition) is 5. The van der Waals surface area contributed by atoms with Gasteiger partial charge in [0.2, 0.25) is 5.91 Å². The second-order valence-electron chi connectivity index (χ2n) is 3.76. The standard InChI is InChI=1S/C9H13N3O6/c1-12-6(14)2-4(7(12)15)11-9(18)10-3-5(13)8(16)17/h4-5,13H,2-3H2,1H3,(H,16,17)(H2,10,11,18). The van der Waals surface area contributed by atoms with Gasteiger partial charge in [0.05, 0.1) is 13.0 Å². The van der Waals surface area contributed by atoms with Crippen LogP contribution < -0.4 is 10.6 Å². The third-order valence-electron chi connectivity index (χ3n) is 2.43. The molecule has 1 heterocycles. The number of aliphatic hydroxyl groups excluding tert-OH is 1. The first kappa shape index (κ1) is 13.9. The van der Waals surface area contributed by atoms with Crippen LogP contribution in [0.4, 0.5) is 4.79 Å². The fourth-order valence-corrected chi connectivity index (χ4v) is 1.35. The number of imide groups is 1. The molecule has 0 aromatic heterocycles. The first-order chi connectivity index (χ1) is 8.32. The normalized spacial score (nSPS) is 20.8. The molecule has 1 saturated heterocycles. The molecule has 0 saturated carbocycles. The number of nitrogens with one attached hydrogen (secondary N) is 2. The molecule has 2 atom stereocenters. The van der Waals surface area contributed by atoms with E-state index >= 15 is 0 Å². The number of likely N-dealkylation sites (N-methyl/N-ethyl adjacent to an activating group) is 1. The average Bonchev–Trinajstić information content (AvgIpc) is 2.54. The van der Waals surface area contributed by atoms with Crippen LogP contribution in [0.3, 0.4) is 0 Å². The number of carbonyl (C=O) groups excluding carboxylic acids is 3. The average molecular weight is 259 g/mol. The molecule has 2 unspecified atom stereocenters. The maximum absolute atomic E-state index is 11.4. The van der Waals surface area contributed by atoms with Gasteiger partial charge < -0.3 is 20.8 Å². The van der Waals surface area contributed by atoms with E-state index in [2.05, 4.69) is 10.6 Å². The smallest absolute Gasteiger partial charge is 0.334 e. The van der Waals surface area contributed by atoms with E-state index in [0.717, 1.165) is 4.90 Å². The van der Waals surface area contributed by atoms with Gasteiger partial charge in [0.25, 0.3) is 5.91 Å². The molecule has 9 heteroatoms. The van der Waals surface area contributed by atoms with E-state index in [0.29, 0.717) is 0 Å². The maximum atomic E-state index is 11.4. The van der Waals surface area contributed by atoms with Crippen molar-refractivity contribution < 1.29 is 29.4 Å². The zero-order chi connectivity index (χ0) is 13.9. The Kier molecular flexibility index (Phi) is 4.21. The van der Waals surface area contributed by atoms with Gasteiger partial charge in [-0.1, -0.05) is 0 Å². The lowest BCUT2D eigenvalue weighted by atomic mass is 10.2. The predicted molar refractivity (Wildman–Crippen MR) is 56.4 cm³/mol. The molecular weight excluding hydrogens is 246 g/mol. The summed E-state index contributed by atoms with van der Waals surface area (Å²) in [5.74, 6) is -2.41. The van der Waals surface area contributed by atoms with E-state index < -0.39 is 42.5 Å². The molecule has 4 amide bonds. The summed E-state index contributed by atoms with van der Waals surface area (Å²) >= 11 is 0. The Labute approximate surface area is 102 Å². The highest BCUT2D eigenvalue weighted by Gasteiger charge is 2.36. The number of rotatable bonds is 4. The van der Waals surface area contributed by atoms with Crippen molar-refractivity contribution in [1.29, 1.82) is 0 Å². The predicted octanol–water partition coefficient (Wildman–Crippen LogP) is -2.51. The van der Waals surface area contributed by atoms with Crippen molar-refractivity contribution in [3.8, 4) is 0 Å². The summed E-state index contributed by atoms with van der Waals surface area (Å²) < 4.78 is 0. The molecular formula is C9H13N3O6. The van der Waals surface area contributed by atoms with E-state index in [1.807, 2.05) is 0 Å². The molecule has 9 nitrogen and oxygen atoms in total. The number of aliphatic hydroxyl groups is 1.